The van der Waals surface area contributed by atoms with E-state index in [0.717, 1.165) is 24.0 Å². The zero-order valence-corrected chi connectivity index (χ0v) is 10.5. The summed E-state index contributed by atoms with van der Waals surface area (Å²) in [5, 5.41) is 20.1. The van der Waals surface area contributed by atoms with Gasteiger partial charge >= 0.3 is 0 Å². The Bertz CT molecular complexity index is 390. The van der Waals surface area contributed by atoms with Crippen LogP contribution in [0.2, 0.25) is 0 Å². The highest BCUT2D eigenvalue weighted by molar-refractivity contribution is 5.55. The molecule has 0 fully saturated rings. The van der Waals surface area contributed by atoms with Gasteiger partial charge in [-0.15, -0.1) is 0 Å². The number of phenolic OH excluding ortho intramolecular Hbond substituents is 2. The van der Waals surface area contributed by atoms with Crippen molar-refractivity contribution in [2.45, 2.75) is 51.4 Å². The van der Waals surface area contributed by atoms with Crippen LogP contribution in [-0.4, -0.2) is 10.2 Å². The Morgan fingerprint density at radius 2 is 1.12 bits per heavy atom. The molecule has 1 aliphatic rings. The van der Waals surface area contributed by atoms with E-state index >= 15 is 0 Å². The Kier molecular flexibility index (Phi) is 2.23. The van der Waals surface area contributed by atoms with Gasteiger partial charge in [0, 0.05) is 11.1 Å². The fourth-order valence-corrected chi connectivity index (χ4v) is 2.83. The molecule has 2 rings (SSSR count). The molecule has 1 aromatic carbocycles. The summed E-state index contributed by atoms with van der Waals surface area (Å²) in [6.45, 7) is 8.50. The topological polar surface area (TPSA) is 40.5 Å². The molecule has 2 heteroatoms. The summed E-state index contributed by atoms with van der Waals surface area (Å²) in [5.41, 5.74) is 1.72. The second-order valence-corrected chi connectivity index (χ2v) is 6.12. The first-order valence-corrected chi connectivity index (χ1v) is 5.82. The van der Waals surface area contributed by atoms with Crippen LogP contribution in [0.4, 0.5) is 0 Å². The molecule has 0 aliphatic heterocycles. The molecule has 2 nitrogen and oxygen atoms in total. The molecule has 0 heterocycles. The Labute approximate surface area is 96.9 Å². The Balaban J connectivity index is 2.79. The minimum Gasteiger partial charge on any atom is -0.508 e. The summed E-state index contributed by atoms with van der Waals surface area (Å²) in [6.07, 6.45) is 2.06. The number of rotatable bonds is 0. The molecule has 0 saturated carbocycles. The zero-order valence-electron chi connectivity index (χ0n) is 10.5. The van der Waals surface area contributed by atoms with Gasteiger partial charge in [-0.1, -0.05) is 27.7 Å². The monoisotopic (exact) mass is 220 g/mol. The summed E-state index contributed by atoms with van der Waals surface area (Å²) in [4.78, 5) is 0. The lowest BCUT2D eigenvalue weighted by atomic mass is 9.62. The van der Waals surface area contributed by atoms with Gasteiger partial charge in [-0.3, -0.25) is 0 Å². The van der Waals surface area contributed by atoms with Crippen LogP contribution in [0.1, 0.15) is 51.7 Å². The molecule has 1 aliphatic carbocycles. The van der Waals surface area contributed by atoms with Gasteiger partial charge in [0.2, 0.25) is 0 Å². The number of phenols is 2. The van der Waals surface area contributed by atoms with Gasteiger partial charge in [0.15, 0.2) is 0 Å². The van der Waals surface area contributed by atoms with Crippen LogP contribution in [0.15, 0.2) is 12.1 Å². The van der Waals surface area contributed by atoms with Crippen molar-refractivity contribution in [2.75, 3.05) is 0 Å². The largest absolute Gasteiger partial charge is 0.508 e. The highest BCUT2D eigenvalue weighted by Crippen LogP contribution is 2.51. The maximum Gasteiger partial charge on any atom is 0.119 e. The van der Waals surface area contributed by atoms with Gasteiger partial charge in [0.25, 0.3) is 0 Å². The van der Waals surface area contributed by atoms with Crippen molar-refractivity contribution in [2.24, 2.45) is 0 Å². The third-order valence-electron chi connectivity index (χ3n) is 3.89. The average molecular weight is 220 g/mol. The first kappa shape index (κ1) is 11.3. The molecule has 0 saturated heterocycles. The number of hydrogen-bond donors (Lipinski definition) is 2. The molecule has 0 aromatic heterocycles. The SMILES string of the molecule is CC1(C)CCC(C)(C)c2c(O)ccc(O)c21. The van der Waals surface area contributed by atoms with Crippen LogP contribution in [0.5, 0.6) is 11.5 Å². The summed E-state index contributed by atoms with van der Waals surface area (Å²) < 4.78 is 0. The minimum absolute atomic E-state index is 0.0618. The molecule has 0 radical (unpaired) electrons. The molecule has 0 amide bonds. The number of hydrogen-bond acceptors (Lipinski definition) is 2. The standard InChI is InChI=1S/C14H20O2/c1-13(2)7-8-14(3,4)12-10(16)6-5-9(15)11(12)13/h5-6,15-16H,7-8H2,1-4H3. The minimum atomic E-state index is -0.0618. The van der Waals surface area contributed by atoms with Crippen molar-refractivity contribution in [3.63, 3.8) is 0 Å². The maximum atomic E-state index is 10.0. The molecule has 0 atom stereocenters. The van der Waals surface area contributed by atoms with E-state index in [9.17, 15) is 10.2 Å². The molecule has 0 spiro atoms. The van der Waals surface area contributed by atoms with E-state index in [1.54, 1.807) is 12.1 Å². The highest BCUT2D eigenvalue weighted by Gasteiger charge is 2.40. The summed E-state index contributed by atoms with van der Waals surface area (Å²) in [6, 6.07) is 3.19. The summed E-state index contributed by atoms with van der Waals surface area (Å²) in [7, 11) is 0. The van der Waals surface area contributed by atoms with E-state index in [1.165, 1.54) is 0 Å². The Morgan fingerprint density at radius 1 is 0.812 bits per heavy atom. The lowest BCUT2D eigenvalue weighted by Gasteiger charge is -2.42. The van der Waals surface area contributed by atoms with Crippen LogP contribution in [0.25, 0.3) is 0 Å². The van der Waals surface area contributed by atoms with E-state index < -0.39 is 0 Å². The van der Waals surface area contributed by atoms with E-state index in [1.807, 2.05) is 0 Å². The van der Waals surface area contributed by atoms with Crippen LogP contribution >= 0.6 is 0 Å². The molecule has 0 bridgehead atoms. The van der Waals surface area contributed by atoms with Gasteiger partial charge in [-0.25, -0.2) is 0 Å². The van der Waals surface area contributed by atoms with Crippen molar-refractivity contribution < 1.29 is 10.2 Å². The summed E-state index contributed by atoms with van der Waals surface area (Å²) >= 11 is 0. The maximum absolute atomic E-state index is 10.0. The molecule has 0 unspecified atom stereocenters. The van der Waals surface area contributed by atoms with Crippen molar-refractivity contribution in [3.8, 4) is 11.5 Å². The lowest BCUT2D eigenvalue weighted by molar-refractivity contribution is 0.305. The second-order valence-electron chi connectivity index (χ2n) is 6.12. The molecular weight excluding hydrogens is 200 g/mol. The average Bonchev–Trinajstić information content (AvgIpc) is 2.16. The van der Waals surface area contributed by atoms with Gasteiger partial charge in [0.1, 0.15) is 11.5 Å². The second kappa shape index (κ2) is 3.16. The van der Waals surface area contributed by atoms with E-state index in [-0.39, 0.29) is 10.8 Å². The summed E-state index contributed by atoms with van der Waals surface area (Å²) in [5.74, 6) is 0.621. The van der Waals surface area contributed by atoms with E-state index in [0.29, 0.717) is 11.5 Å². The van der Waals surface area contributed by atoms with Crippen molar-refractivity contribution >= 4 is 0 Å². The first-order valence-electron chi connectivity index (χ1n) is 5.82. The van der Waals surface area contributed by atoms with Gasteiger partial charge in [-0.2, -0.15) is 0 Å². The van der Waals surface area contributed by atoms with Crippen molar-refractivity contribution in [1.29, 1.82) is 0 Å². The van der Waals surface area contributed by atoms with Gasteiger partial charge < -0.3 is 10.2 Å². The normalized spacial score (nSPS) is 21.5. The first-order chi connectivity index (χ1) is 7.26. The fraction of sp³-hybridized carbons (Fsp3) is 0.571. The predicted molar refractivity (Wildman–Crippen MR) is 65.1 cm³/mol. The Hall–Kier alpha value is -1.18. The van der Waals surface area contributed by atoms with Crippen LogP contribution in [0.3, 0.4) is 0 Å². The number of aromatic hydroxyl groups is 2. The molecule has 1 aromatic rings. The zero-order chi connectivity index (χ0) is 12.1. The predicted octanol–water partition coefficient (Wildman–Crippen LogP) is 3.45. The molecule has 16 heavy (non-hydrogen) atoms. The smallest absolute Gasteiger partial charge is 0.119 e. The lowest BCUT2D eigenvalue weighted by Crippen LogP contribution is -2.33. The third-order valence-corrected chi connectivity index (χ3v) is 3.89. The van der Waals surface area contributed by atoms with Crippen LogP contribution in [-0.2, 0) is 10.8 Å². The Morgan fingerprint density at radius 3 is 1.44 bits per heavy atom. The quantitative estimate of drug-likeness (QED) is 0.657. The molecule has 88 valence electrons. The van der Waals surface area contributed by atoms with Crippen molar-refractivity contribution in [1.82, 2.24) is 0 Å². The van der Waals surface area contributed by atoms with Crippen LogP contribution < -0.4 is 0 Å². The fourth-order valence-electron chi connectivity index (χ4n) is 2.83. The van der Waals surface area contributed by atoms with Gasteiger partial charge in [0.05, 0.1) is 0 Å². The van der Waals surface area contributed by atoms with E-state index in [2.05, 4.69) is 27.7 Å². The van der Waals surface area contributed by atoms with Crippen LogP contribution in [0, 0.1) is 0 Å². The number of benzene rings is 1. The third kappa shape index (κ3) is 1.48. The van der Waals surface area contributed by atoms with E-state index in [4.69, 9.17) is 0 Å². The molecule has 2 N–H and O–H groups in total. The number of fused-ring (bicyclic) bond motifs is 1. The van der Waals surface area contributed by atoms with Crippen molar-refractivity contribution in [3.05, 3.63) is 23.3 Å². The molecular formula is C14H20O2. The van der Waals surface area contributed by atoms with Gasteiger partial charge in [-0.05, 0) is 35.8 Å². The highest BCUT2D eigenvalue weighted by atomic mass is 16.3.